The number of fused-ring (bicyclic) bond motifs is 1. The number of nitrogens with zero attached hydrogens (tertiary/aromatic N) is 5. The summed E-state index contributed by atoms with van der Waals surface area (Å²) in [6.45, 7) is 8.66. The Balaban J connectivity index is 1.84. The molecular formula is C13H22N6. The highest BCUT2D eigenvalue weighted by Gasteiger charge is 2.25. The zero-order valence-electron chi connectivity index (χ0n) is 11.8. The minimum absolute atomic E-state index is 0.429. The Hall–Kier alpha value is -1.45. The first-order chi connectivity index (χ1) is 9.17. The standard InChI is InChI=1S/C13H22N6/c1-3-5-15-13(2,10-14)4-6-18-7-8-19-11-16-17-12(19)9-18/h11,15H,3-9H2,1-2H3. The average Bonchev–Trinajstić information content (AvgIpc) is 2.90. The largest absolute Gasteiger partial charge is 0.315 e. The van der Waals surface area contributed by atoms with Gasteiger partial charge in [0, 0.05) is 19.6 Å². The zero-order valence-corrected chi connectivity index (χ0v) is 11.8. The molecule has 2 rings (SSSR count). The molecule has 0 spiro atoms. The topological polar surface area (TPSA) is 69.8 Å². The minimum atomic E-state index is -0.429. The van der Waals surface area contributed by atoms with Crippen LogP contribution in [0.1, 0.15) is 32.5 Å². The Bertz CT molecular complexity index is 448. The van der Waals surface area contributed by atoms with Crippen LogP contribution in [0.15, 0.2) is 6.33 Å². The lowest BCUT2D eigenvalue weighted by molar-refractivity contribution is 0.198. The summed E-state index contributed by atoms with van der Waals surface area (Å²) >= 11 is 0. The van der Waals surface area contributed by atoms with Crippen molar-refractivity contribution >= 4 is 0 Å². The third-order valence-corrected chi connectivity index (χ3v) is 3.66. The molecule has 0 bridgehead atoms. The number of nitrogens with one attached hydrogen (secondary N) is 1. The predicted octanol–water partition coefficient (Wildman–Crippen LogP) is 0.766. The molecule has 19 heavy (non-hydrogen) atoms. The fourth-order valence-corrected chi connectivity index (χ4v) is 2.27. The van der Waals surface area contributed by atoms with Crippen LogP contribution in [-0.4, -0.2) is 44.8 Å². The lowest BCUT2D eigenvalue weighted by atomic mass is 9.99. The number of hydrogen-bond donors (Lipinski definition) is 1. The second-order valence-electron chi connectivity index (χ2n) is 5.34. The Morgan fingerprint density at radius 1 is 1.53 bits per heavy atom. The fourth-order valence-electron chi connectivity index (χ4n) is 2.27. The van der Waals surface area contributed by atoms with E-state index in [9.17, 15) is 5.26 Å². The Morgan fingerprint density at radius 3 is 3.11 bits per heavy atom. The van der Waals surface area contributed by atoms with E-state index in [4.69, 9.17) is 0 Å². The van der Waals surface area contributed by atoms with E-state index in [1.165, 1.54) is 0 Å². The van der Waals surface area contributed by atoms with Crippen LogP contribution in [0.4, 0.5) is 0 Å². The number of aromatic nitrogens is 3. The second kappa shape index (κ2) is 6.13. The van der Waals surface area contributed by atoms with Gasteiger partial charge in [0.15, 0.2) is 0 Å². The highest BCUT2D eigenvalue weighted by molar-refractivity contribution is 5.04. The fraction of sp³-hybridized carbons (Fsp3) is 0.769. The van der Waals surface area contributed by atoms with Crippen molar-refractivity contribution in [2.45, 2.75) is 45.3 Å². The van der Waals surface area contributed by atoms with Gasteiger partial charge in [-0.2, -0.15) is 5.26 Å². The first-order valence-electron chi connectivity index (χ1n) is 6.92. The predicted molar refractivity (Wildman–Crippen MR) is 72.2 cm³/mol. The number of rotatable bonds is 6. The van der Waals surface area contributed by atoms with Gasteiger partial charge in [-0.25, -0.2) is 0 Å². The maximum atomic E-state index is 9.31. The van der Waals surface area contributed by atoms with Gasteiger partial charge in [0.2, 0.25) is 0 Å². The Morgan fingerprint density at radius 2 is 2.37 bits per heavy atom. The Labute approximate surface area is 114 Å². The van der Waals surface area contributed by atoms with Crippen LogP contribution in [0.3, 0.4) is 0 Å². The van der Waals surface area contributed by atoms with Gasteiger partial charge in [0.05, 0.1) is 12.6 Å². The van der Waals surface area contributed by atoms with Crippen molar-refractivity contribution in [1.82, 2.24) is 25.0 Å². The first-order valence-corrected chi connectivity index (χ1v) is 6.92. The molecule has 1 aliphatic heterocycles. The molecule has 0 fully saturated rings. The maximum absolute atomic E-state index is 9.31. The SMILES string of the molecule is CCCNC(C)(C#N)CCN1CCn2cnnc2C1. The molecule has 1 aromatic rings. The molecule has 1 N–H and O–H groups in total. The van der Waals surface area contributed by atoms with E-state index >= 15 is 0 Å². The van der Waals surface area contributed by atoms with Gasteiger partial charge in [0.1, 0.15) is 17.7 Å². The minimum Gasteiger partial charge on any atom is -0.315 e. The summed E-state index contributed by atoms with van der Waals surface area (Å²) in [4.78, 5) is 2.34. The van der Waals surface area contributed by atoms with Crippen molar-refractivity contribution in [3.63, 3.8) is 0 Å². The summed E-state index contributed by atoms with van der Waals surface area (Å²) in [5, 5.41) is 20.7. The van der Waals surface area contributed by atoms with Crippen molar-refractivity contribution in [2.24, 2.45) is 0 Å². The summed E-state index contributed by atoms with van der Waals surface area (Å²) < 4.78 is 2.09. The lowest BCUT2D eigenvalue weighted by Crippen LogP contribution is -2.45. The van der Waals surface area contributed by atoms with E-state index in [-0.39, 0.29) is 0 Å². The van der Waals surface area contributed by atoms with Gasteiger partial charge < -0.3 is 4.57 Å². The number of nitriles is 1. The van der Waals surface area contributed by atoms with Crippen LogP contribution in [0, 0.1) is 11.3 Å². The molecule has 6 nitrogen and oxygen atoms in total. The van der Waals surface area contributed by atoms with Crippen LogP contribution < -0.4 is 5.32 Å². The van der Waals surface area contributed by atoms with E-state index in [2.05, 4.69) is 38.0 Å². The molecule has 1 atom stereocenters. The zero-order chi connectivity index (χ0) is 13.7. The quantitative estimate of drug-likeness (QED) is 0.820. The normalized spacial score (nSPS) is 18.6. The molecule has 1 unspecified atom stereocenters. The molecule has 0 saturated carbocycles. The average molecular weight is 262 g/mol. The van der Waals surface area contributed by atoms with E-state index in [0.717, 1.165) is 51.4 Å². The molecular weight excluding hydrogens is 240 g/mol. The smallest absolute Gasteiger partial charge is 0.147 e. The molecule has 2 heterocycles. The molecule has 104 valence electrons. The molecule has 1 aromatic heterocycles. The van der Waals surface area contributed by atoms with Gasteiger partial charge >= 0.3 is 0 Å². The first kappa shape index (κ1) is 14.0. The van der Waals surface area contributed by atoms with Gasteiger partial charge in [-0.1, -0.05) is 6.92 Å². The van der Waals surface area contributed by atoms with Gasteiger partial charge in [-0.15, -0.1) is 10.2 Å². The Kier molecular flexibility index (Phi) is 4.51. The molecule has 0 aliphatic carbocycles. The van der Waals surface area contributed by atoms with Crippen LogP contribution in [0.5, 0.6) is 0 Å². The molecule has 0 aromatic carbocycles. The highest BCUT2D eigenvalue weighted by atomic mass is 15.3. The summed E-state index contributed by atoms with van der Waals surface area (Å²) in [5.41, 5.74) is -0.429. The van der Waals surface area contributed by atoms with Crippen molar-refractivity contribution in [2.75, 3.05) is 19.6 Å². The van der Waals surface area contributed by atoms with Crippen LogP contribution in [0.2, 0.25) is 0 Å². The summed E-state index contributed by atoms with van der Waals surface area (Å²) in [5.74, 6) is 1.02. The van der Waals surface area contributed by atoms with Crippen LogP contribution in [-0.2, 0) is 13.1 Å². The van der Waals surface area contributed by atoms with Crippen LogP contribution >= 0.6 is 0 Å². The van der Waals surface area contributed by atoms with E-state index in [0.29, 0.717) is 0 Å². The van der Waals surface area contributed by atoms with Crippen LogP contribution in [0.25, 0.3) is 0 Å². The van der Waals surface area contributed by atoms with E-state index in [1.807, 2.05) is 6.92 Å². The molecule has 0 radical (unpaired) electrons. The number of hydrogen-bond acceptors (Lipinski definition) is 5. The van der Waals surface area contributed by atoms with Crippen molar-refractivity contribution < 1.29 is 0 Å². The molecule has 0 saturated heterocycles. The van der Waals surface area contributed by atoms with Crippen molar-refractivity contribution in [1.29, 1.82) is 5.26 Å². The molecule has 1 aliphatic rings. The summed E-state index contributed by atoms with van der Waals surface area (Å²) in [7, 11) is 0. The molecule has 0 amide bonds. The van der Waals surface area contributed by atoms with E-state index in [1.54, 1.807) is 6.33 Å². The highest BCUT2D eigenvalue weighted by Crippen LogP contribution is 2.14. The summed E-state index contributed by atoms with van der Waals surface area (Å²) in [6, 6.07) is 2.40. The third-order valence-electron chi connectivity index (χ3n) is 3.66. The van der Waals surface area contributed by atoms with Gasteiger partial charge in [-0.05, 0) is 26.3 Å². The lowest BCUT2D eigenvalue weighted by Gasteiger charge is -2.30. The van der Waals surface area contributed by atoms with E-state index < -0.39 is 5.54 Å². The summed E-state index contributed by atoms with van der Waals surface area (Å²) in [6.07, 6.45) is 3.66. The van der Waals surface area contributed by atoms with Crippen molar-refractivity contribution in [3.8, 4) is 6.07 Å². The second-order valence-corrected chi connectivity index (χ2v) is 5.34. The third kappa shape index (κ3) is 3.52. The monoisotopic (exact) mass is 262 g/mol. The molecule has 6 heteroatoms. The van der Waals surface area contributed by atoms with Gasteiger partial charge in [-0.3, -0.25) is 10.2 Å². The maximum Gasteiger partial charge on any atom is 0.147 e. The van der Waals surface area contributed by atoms with Crippen molar-refractivity contribution in [3.05, 3.63) is 12.2 Å². The van der Waals surface area contributed by atoms with Gasteiger partial charge in [0.25, 0.3) is 0 Å².